The molecule has 0 saturated carbocycles. The van der Waals surface area contributed by atoms with E-state index in [1.807, 2.05) is 6.07 Å². The van der Waals surface area contributed by atoms with Gasteiger partial charge in [0.15, 0.2) is 5.13 Å². The van der Waals surface area contributed by atoms with Crippen LogP contribution in [0.1, 0.15) is 10.5 Å². The van der Waals surface area contributed by atoms with Crippen molar-refractivity contribution in [1.29, 1.82) is 0 Å². The number of thiazole rings is 1. The molecule has 2 aromatic heterocycles. The zero-order valence-electron chi connectivity index (χ0n) is 17.5. The van der Waals surface area contributed by atoms with Gasteiger partial charge in [0, 0.05) is 25.4 Å². The van der Waals surface area contributed by atoms with Crippen molar-refractivity contribution in [3.8, 4) is 17.2 Å². The number of hydrogen-bond acceptors (Lipinski definition) is 7. The summed E-state index contributed by atoms with van der Waals surface area (Å²) >= 11 is 1.27. The lowest BCUT2D eigenvalue weighted by molar-refractivity contribution is 0.0958. The van der Waals surface area contributed by atoms with Crippen LogP contribution in [-0.2, 0) is 0 Å². The lowest BCUT2D eigenvalue weighted by atomic mass is 10.2. The van der Waals surface area contributed by atoms with Gasteiger partial charge < -0.3 is 20.1 Å². The Morgan fingerprint density at radius 1 is 1.00 bits per heavy atom. The van der Waals surface area contributed by atoms with E-state index < -0.39 is 11.8 Å². The van der Waals surface area contributed by atoms with Gasteiger partial charge in [0.05, 0.1) is 23.0 Å². The molecule has 0 unspecified atom stereocenters. The fraction of sp³-hybridized carbons (Fsp3) is 0.0909. The number of methoxy groups -OCH3 is 1. The maximum absolute atomic E-state index is 14.5. The number of carbonyl (C=O) groups is 2. The van der Waals surface area contributed by atoms with E-state index in [4.69, 9.17) is 9.47 Å². The molecule has 0 radical (unpaired) electrons. The van der Waals surface area contributed by atoms with E-state index >= 15 is 0 Å². The fourth-order valence-corrected chi connectivity index (χ4v) is 3.75. The quantitative estimate of drug-likeness (QED) is 0.381. The number of rotatable bonds is 6. The van der Waals surface area contributed by atoms with Crippen molar-refractivity contribution >= 4 is 44.3 Å². The largest absolute Gasteiger partial charge is 0.497 e. The highest BCUT2D eigenvalue weighted by atomic mass is 32.1. The highest BCUT2D eigenvalue weighted by Crippen LogP contribution is 2.30. The zero-order chi connectivity index (χ0) is 23.4. The van der Waals surface area contributed by atoms with Crippen molar-refractivity contribution in [3.05, 3.63) is 66.2 Å². The monoisotopic (exact) mass is 467 g/mol. The van der Waals surface area contributed by atoms with Gasteiger partial charge in [0.2, 0.25) is 0 Å². The number of ether oxygens (including phenoxy) is 2. The molecule has 0 aliphatic heterocycles. The van der Waals surface area contributed by atoms with E-state index in [-0.39, 0.29) is 23.0 Å². The second-order valence-corrected chi connectivity index (χ2v) is 7.66. The Morgan fingerprint density at radius 3 is 2.55 bits per heavy atom. The van der Waals surface area contributed by atoms with Crippen molar-refractivity contribution in [2.45, 2.75) is 0 Å². The number of nitrogens with zero attached hydrogens (tertiary/aromatic N) is 2. The number of pyridine rings is 1. The highest BCUT2D eigenvalue weighted by Gasteiger charge is 2.13. The Kier molecular flexibility index (Phi) is 6.31. The first-order valence-electron chi connectivity index (χ1n) is 9.63. The summed E-state index contributed by atoms with van der Waals surface area (Å²) in [5.41, 5.74) is 0.835. The van der Waals surface area contributed by atoms with Crippen LogP contribution in [0.4, 0.5) is 20.0 Å². The number of carbonyl (C=O) groups excluding carboxylic acids is 2. The average Bonchev–Trinajstić information content (AvgIpc) is 3.21. The summed E-state index contributed by atoms with van der Waals surface area (Å²) in [6, 6.07) is 11.7. The number of hydrogen-bond donors (Lipinski definition) is 3. The number of anilines is 2. The maximum atomic E-state index is 14.5. The maximum Gasteiger partial charge on any atom is 0.325 e. The molecule has 11 heteroatoms. The summed E-state index contributed by atoms with van der Waals surface area (Å²) in [6.07, 6.45) is 1.41. The second-order valence-electron chi connectivity index (χ2n) is 6.63. The third kappa shape index (κ3) is 5.15. The number of halogens is 1. The van der Waals surface area contributed by atoms with E-state index in [2.05, 4.69) is 25.9 Å². The van der Waals surface area contributed by atoms with Crippen molar-refractivity contribution in [2.24, 2.45) is 0 Å². The number of benzene rings is 2. The predicted molar refractivity (Wildman–Crippen MR) is 123 cm³/mol. The van der Waals surface area contributed by atoms with Crippen molar-refractivity contribution < 1.29 is 23.5 Å². The number of nitrogens with one attached hydrogen (secondary N) is 3. The molecule has 4 aromatic rings. The molecule has 33 heavy (non-hydrogen) atoms. The molecular formula is C22H18FN5O4S. The smallest absolute Gasteiger partial charge is 0.325 e. The first-order chi connectivity index (χ1) is 15.9. The highest BCUT2D eigenvalue weighted by molar-refractivity contribution is 7.22. The summed E-state index contributed by atoms with van der Waals surface area (Å²) in [6.45, 7) is 0. The van der Waals surface area contributed by atoms with Gasteiger partial charge in [-0.3, -0.25) is 15.1 Å². The second kappa shape index (κ2) is 9.49. The molecule has 9 nitrogen and oxygen atoms in total. The molecule has 2 heterocycles. The van der Waals surface area contributed by atoms with Gasteiger partial charge in [-0.15, -0.1) is 0 Å². The van der Waals surface area contributed by atoms with Gasteiger partial charge in [-0.05, 0) is 36.4 Å². The molecule has 0 spiro atoms. The minimum absolute atomic E-state index is 0.0385. The van der Waals surface area contributed by atoms with Gasteiger partial charge in [0.25, 0.3) is 5.91 Å². The molecule has 0 fully saturated rings. The lowest BCUT2D eigenvalue weighted by Crippen LogP contribution is -2.20. The summed E-state index contributed by atoms with van der Waals surface area (Å²) in [7, 11) is 3.06. The summed E-state index contributed by atoms with van der Waals surface area (Å²) < 4.78 is 26.2. The standard InChI is InChI=1S/C22H18FN5O4S/c1-24-20(29)18-10-14(7-8-25-18)32-13-4-5-16(15(23)9-13)26-21(30)28-22-27-17-6-3-12(31-2)11-19(17)33-22/h3-11H,1-2H3,(H,24,29)(H2,26,27,28,30). The summed E-state index contributed by atoms with van der Waals surface area (Å²) in [4.78, 5) is 32.3. The Hall–Kier alpha value is -4.25. The van der Waals surface area contributed by atoms with Crippen LogP contribution in [-0.4, -0.2) is 36.1 Å². The van der Waals surface area contributed by atoms with E-state index in [1.54, 1.807) is 19.2 Å². The number of fused-ring (bicyclic) bond motifs is 1. The van der Waals surface area contributed by atoms with Crippen molar-refractivity contribution in [1.82, 2.24) is 15.3 Å². The third-order valence-corrected chi connectivity index (χ3v) is 5.37. The van der Waals surface area contributed by atoms with Crippen LogP contribution in [0.5, 0.6) is 17.2 Å². The molecule has 3 amide bonds. The first-order valence-corrected chi connectivity index (χ1v) is 10.4. The Morgan fingerprint density at radius 2 is 1.79 bits per heavy atom. The Bertz CT molecular complexity index is 1340. The van der Waals surface area contributed by atoms with Crippen LogP contribution in [0.15, 0.2) is 54.7 Å². The fourth-order valence-electron chi connectivity index (χ4n) is 2.86. The van der Waals surface area contributed by atoms with E-state index in [0.29, 0.717) is 22.1 Å². The molecular weight excluding hydrogens is 449 g/mol. The van der Waals surface area contributed by atoms with Gasteiger partial charge in [0.1, 0.15) is 28.8 Å². The van der Waals surface area contributed by atoms with Crippen LogP contribution >= 0.6 is 11.3 Å². The Balaban J connectivity index is 1.42. The number of amides is 3. The zero-order valence-corrected chi connectivity index (χ0v) is 18.3. The van der Waals surface area contributed by atoms with Crippen LogP contribution in [0.2, 0.25) is 0 Å². The van der Waals surface area contributed by atoms with E-state index in [1.165, 1.54) is 48.8 Å². The van der Waals surface area contributed by atoms with Gasteiger partial charge in [-0.25, -0.2) is 14.2 Å². The molecule has 2 aromatic carbocycles. The molecule has 4 rings (SSSR count). The van der Waals surface area contributed by atoms with Crippen molar-refractivity contribution in [2.75, 3.05) is 24.8 Å². The van der Waals surface area contributed by atoms with Gasteiger partial charge >= 0.3 is 6.03 Å². The molecule has 0 aliphatic carbocycles. The minimum Gasteiger partial charge on any atom is -0.497 e. The van der Waals surface area contributed by atoms with Crippen LogP contribution in [0.25, 0.3) is 10.2 Å². The summed E-state index contributed by atoms with van der Waals surface area (Å²) in [5, 5.41) is 7.87. The predicted octanol–water partition coefficient (Wildman–Crippen LogP) is 4.63. The van der Waals surface area contributed by atoms with Crippen LogP contribution in [0, 0.1) is 5.82 Å². The van der Waals surface area contributed by atoms with Crippen molar-refractivity contribution in [3.63, 3.8) is 0 Å². The first kappa shape index (κ1) is 22.0. The molecule has 168 valence electrons. The van der Waals surface area contributed by atoms with E-state index in [0.717, 1.165) is 10.8 Å². The molecule has 0 bridgehead atoms. The minimum atomic E-state index is -0.697. The summed E-state index contributed by atoms with van der Waals surface area (Å²) in [5.74, 6) is 0.117. The number of urea groups is 1. The molecule has 0 saturated heterocycles. The Labute approximate surface area is 191 Å². The van der Waals surface area contributed by atoms with E-state index in [9.17, 15) is 14.0 Å². The molecule has 0 aliphatic rings. The normalized spacial score (nSPS) is 10.5. The van der Waals surface area contributed by atoms with Gasteiger partial charge in [-0.2, -0.15) is 0 Å². The van der Waals surface area contributed by atoms with Gasteiger partial charge in [-0.1, -0.05) is 11.3 Å². The topological polar surface area (TPSA) is 114 Å². The SMILES string of the molecule is CNC(=O)c1cc(Oc2ccc(NC(=O)Nc3nc4ccc(OC)cc4s3)c(F)c2)ccn1. The van der Waals surface area contributed by atoms with Crippen LogP contribution < -0.4 is 25.4 Å². The number of aromatic nitrogens is 2. The lowest BCUT2D eigenvalue weighted by Gasteiger charge is -2.10. The molecule has 0 atom stereocenters. The van der Waals surface area contributed by atoms with Crippen LogP contribution in [0.3, 0.4) is 0 Å². The third-order valence-electron chi connectivity index (χ3n) is 4.43. The average molecular weight is 467 g/mol. The molecule has 3 N–H and O–H groups in total.